The third kappa shape index (κ3) is 11.1. The smallest absolute Gasteiger partial charge is 0.362 e. The molecule has 0 aromatic carbocycles. The molecular formula is C8H15F3N2O2. The topological polar surface area (TPSA) is 50.4 Å². The maximum Gasteiger partial charge on any atom is 0.411 e. The number of amides is 1. The summed E-state index contributed by atoms with van der Waals surface area (Å²) < 4.78 is 38.9. The number of hydrogen-bond acceptors (Lipinski definition) is 3. The molecule has 4 nitrogen and oxygen atoms in total. The lowest BCUT2D eigenvalue weighted by atomic mass is 10.5. The Balaban J connectivity index is 3.34. The van der Waals surface area contributed by atoms with Crippen LogP contribution >= 0.6 is 0 Å². The van der Waals surface area contributed by atoms with E-state index in [1.54, 1.807) is 0 Å². The molecule has 0 aliphatic rings. The number of alkyl halides is 3. The van der Waals surface area contributed by atoms with Gasteiger partial charge in [0.25, 0.3) is 0 Å². The van der Waals surface area contributed by atoms with Crippen molar-refractivity contribution in [3.63, 3.8) is 0 Å². The van der Waals surface area contributed by atoms with Gasteiger partial charge in [0.1, 0.15) is 13.2 Å². The molecule has 0 radical (unpaired) electrons. The fourth-order valence-corrected chi connectivity index (χ4v) is 0.778. The number of likely N-dealkylation sites (N-methyl/N-ethyl adjacent to an activating group) is 1. The van der Waals surface area contributed by atoms with Gasteiger partial charge in [0, 0.05) is 13.1 Å². The molecule has 2 N–H and O–H groups in total. The minimum atomic E-state index is -4.38. The lowest BCUT2D eigenvalue weighted by Crippen LogP contribution is -2.34. The van der Waals surface area contributed by atoms with Crippen LogP contribution in [0.5, 0.6) is 0 Å². The van der Waals surface area contributed by atoms with Crippen LogP contribution in [0, 0.1) is 0 Å². The molecule has 0 aliphatic heterocycles. The van der Waals surface area contributed by atoms with Crippen LogP contribution in [0.15, 0.2) is 0 Å². The molecule has 0 spiro atoms. The second-order valence-corrected chi connectivity index (χ2v) is 2.81. The van der Waals surface area contributed by atoms with Crippen LogP contribution in [0.3, 0.4) is 0 Å². The van der Waals surface area contributed by atoms with E-state index in [0.29, 0.717) is 13.1 Å². The first-order chi connectivity index (χ1) is 6.95. The minimum Gasteiger partial charge on any atom is -0.362 e. The number of carbonyl (C=O) groups is 1. The van der Waals surface area contributed by atoms with E-state index in [0.717, 1.165) is 6.54 Å². The van der Waals surface area contributed by atoms with E-state index in [-0.39, 0.29) is 0 Å². The molecule has 0 fully saturated rings. The van der Waals surface area contributed by atoms with Gasteiger partial charge in [-0.15, -0.1) is 0 Å². The summed E-state index contributed by atoms with van der Waals surface area (Å²) in [6, 6.07) is 0. The fourth-order valence-electron chi connectivity index (χ4n) is 0.778. The first kappa shape index (κ1) is 14.2. The van der Waals surface area contributed by atoms with Crippen LogP contribution in [0.2, 0.25) is 0 Å². The highest BCUT2D eigenvalue weighted by Gasteiger charge is 2.27. The van der Waals surface area contributed by atoms with Gasteiger partial charge in [-0.25, -0.2) is 0 Å². The Morgan fingerprint density at radius 2 is 2.00 bits per heavy atom. The van der Waals surface area contributed by atoms with Gasteiger partial charge in [-0.05, 0) is 6.54 Å². The second kappa shape index (κ2) is 7.47. The summed E-state index contributed by atoms with van der Waals surface area (Å²) in [5.74, 6) is -0.544. The molecule has 0 aromatic rings. The van der Waals surface area contributed by atoms with Crippen molar-refractivity contribution in [1.29, 1.82) is 0 Å². The lowest BCUT2D eigenvalue weighted by molar-refractivity contribution is -0.175. The number of ether oxygens (including phenoxy) is 1. The predicted molar refractivity (Wildman–Crippen MR) is 48.4 cm³/mol. The van der Waals surface area contributed by atoms with E-state index in [1.807, 2.05) is 6.92 Å². The van der Waals surface area contributed by atoms with Gasteiger partial charge in [0.2, 0.25) is 5.91 Å². The van der Waals surface area contributed by atoms with Crippen molar-refractivity contribution < 1.29 is 22.7 Å². The Bertz CT molecular complexity index is 185. The van der Waals surface area contributed by atoms with E-state index < -0.39 is 25.3 Å². The van der Waals surface area contributed by atoms with Crippen molar-refractivity contribution in [3.05, 3.63) is 0 Å². The van der Waals surface area contributed by atoms with Gasteiger partial charge in [0.15, 0.2) is 0 Å². The largest absolute Gasteiger partial charge is 0.411 e. The van der Waals surface area contributed by atoms with Gasteiger partial charge < -0.3 is 15.4 Å². The van der Waals surface area contributed by atoms with Crippen molar-refractivity contribution in [3.8, 4) is 0 Å². The molecule has 90 valence electrons. The fraction of sp³-hybridized carbons (Fsp3) is 0.875. The number of hydrogen-bond donors (Lipinski definition) is 2. The highest BCUT2D eigenvalue weighted by molar-refractivity contribution is 5.77. The third-order valence-corrected chi connectivity index (χ3v) is 1.37. The Morgan fingerprint density at radius 3 is 2.53 bits per heavy atom. The molecular weight excluding hydrogens is 213 g/mol. The minimum absolute atomic E-state index is 0.377. The van der Waals surface area contributed by atoms with Crippen LogP contribution in [-0.4, -0.2) is 44.9 Å². The summed E-state index contributed by atoms with van der Waals surface area (Å²) in [7, 11) is 0. The molecule has 0 atom stereocenters. The van der Waals surface area contributed by atoms with Crippen LogP contribution in [0.1, 0.15) is 6.92 Å². The number of halogens is 3. The van der Waals surface area contributed by atoms with Crippen molar-refractivity contribution in [2.45, 2.75) is 13.1 Å². The average molecular weight is 228 g/mol. The molecule has 15 heavy (non-hydrogen) atoms. The molecule has 0 bridgehead atoms. The summed E-state index contributed by atoms with van der Waals surface area (Å²) in [5.41, 5.74) is 0. The molecule has 1 amide bonds. The summed E-state index contributed by atoms with van der Waals surface area (Å²) in [5, 5.41) is 5.36. The quantitative estimate of drug-likeness (QED) is 0.616. The molecule has 0 aliphatic carbocycles. The summed E-state index contributed by atoms with van der Waals surface area (Å²) in [6.07, 6.45) is -4.38. The maximum atomic E-state index is 11.6. The standard InChI is InChI=1S/C8H15F3N2O2/c1-2-12-3-4-13-7(14)5-15-6-8(9,10)11/h12H,2-6H2,1H3,(H,13,14). The van der Waals surface area contributed by atoms with Crippen LogP contribution < -0.4 is 10.6 Å². The van der Waals surface area contributed by atoms with Gasteiger partial charge in [0.05, 0.1) is 0 Å². The highest BCUT2D eigenvalue weighted by atomic mass is 19.4. The summed E-state index contributed by atoms with van der Waals surface area (Å²) >= 11 is 0. The number of nitrogens with one attached hydrogen (secondary N) is 2. The monoisotopic (exact) mass is 228 g/mol. The Hall–Kier alpha value is -0.820. The van der Waals surface area contributed by atoms with E-state index in [4.69, 9.17) is 0 Å². The molecule has 7 heteroatoms. The molecule has 0 unspecified atom stereocenters. The van der Waals surface area contributed by atoms with Crippen LogP contribution in [0.25, 0.3) is 0 Å². The zero-order valence-corrected chi connectivity index (χ0v) is 8.49. The zero-order chi connectivity index (χ0) is 11.7. The highest BCUT2D eigenvalue weighted by Crippen LogP contribution is 2.13. The molecule has 0 heterocycles. The van der Waals surface area contributed by atoms with Gasteiger partial charge in [-0.3, -0.25) is 4.79 Å². The van der Waals surface area contributed by atoms with Crippen molar-refractivity contribution in [2.75, 3.05) is 32.8 Å². The van der Waals surface area contributed by atoms with E-state index in [9.17, 15) is 18.0 Å². The van der Waals surface area contributed by atoms with Gasteiger partial charge in [-0.1, -0.05) is 6.92 Å². The third-order valence-electron chi connectivity index (χ3n) is 1.37. The van der Waals surface area contributed by atoms with Crippen molar-refractivity contribution in [1.82, 2.24) is 10.6 Å². The summed E-state index contributed by atoms with van der Waals surface area (Å²) in [6.45, 7) is 1.69. The molecule has 0 saturated heterocycles. The maximum absolute atomic E-state index is 11.6. The SMILES string of the molecule is CCNCCNC(=O)COCC(F)(F)F. The molecule has 0 saturated carbocycles. The zero-order valence-electron chi connectivity index (χ0n) is 8.49. The molecule has 0 rings (SSSR count). The number of rotatable bonds is 7. The molecule has 0 aromatic heterocycles. The van der Waals surface area contributed by atoms with E-state index >= 15 is 0 Å². The summed E-state index contributed by atoms with van der Waals surface area (Å²) in [4.78, 5) is 10.9. The van der Waals surface area contributed by atoms with Crippen LogP contribution in [0.4, 0.5) is 13.2 Å². The van der Waals surface area contributed by atoms with Crippen LogP contribution in [-0.2, 0) is 9.53 Å². The average Bonchev–Trinajstić information content (AvgIpc) is 2.10. The Labute approximate surface area is 86.2 Å². The lowest BCUT2D eigenvalue weighted by Gasteiger charge is -2.08. The number of carbonyl (C=O) groups excluding carboxylic acids is 1. The van der Waals surface area contributed by atoms with Gasteiger partial charge in [-0.2, -0.15) is 13.2 Å². The Morgan fingerprint density at radius 1 is 1.33 bits per heavy atom. The first-order valence-electron chi connectivity index (χ1n) is 4.57. The van der Waals surface area contributed by atoms with E-state index in [1.165, 1.54) is 0 Å². The Kier molecular flexibility index (Phi) is 7.06. The first-order valence-corrected chi connectivity index (χ1v) is 4.57. The normalized spacial score (nSPS) is 11.5. The predicted octanol–water partition coefficient (Wildman–Crippen LogP) is 0.291. The van der Waals surface area contributed by atoms with E-state index in [2.05, 4.69) is 15.4 Å². The van der Waals surface area contributed by atoms with Crippen molar-refractivity contribution in [2.24, 2.45) is 0 Å². The van der Waals surface area contributed by atoms with Crippen molar-refractivity contribution >= 4 is 5.91 Å². The van der Waals surface area contributed by atoms with Gasteiger partial charge >= 0.3 is 6.18 Å². The second-order valence-electron chi connectivity index (χ2n) is 2.81.